The zero-order valence-corrected chi connectivity index (χ0v) is 11.3. The largest absolute Gasteiger partial charge is 0.497 e. The molecule has 2 N–H and O–H groups in total. The van der Waals surface area contributed by atoms with E-state index in [1.807, 2.05) is 24.3 Å². The quantitative estimate of drug-likeness (QED) is 0.861. The van der Waals surface area contributed by atoms with Crippen LogP contribution in [-0.4, -0.2) is 24.4 Å². The third kappa shape index (κ3) is 2.96. The van der Waals surface area contributed by atoms with Gasteiger partial charge in [0.2, 0.25) is 0 Å². The minimum atomic E-state index is -0.154. The van der Waals surface area contributed by atoms with Crippen molar-refractivity contribution in [1.29, 1.82) is 0 Å². The molecular formula is C15H23NO2. The first-order chi connectivity index (χ1) is 8.67. The van der Waals surface area contributed by atoms with Crippen LogP contribution in [0.2, 0.25) is 0 Å². The average Bonchev–Trinajstić information content (AvgIpc) is 2.42. The van der Waals surface area contributed by atoms with Crippen LogP contribution >= 0.6 is 0 Å². The molecule has 0 spiro atoms. The minimum Gasteiger partial charge on any atom is -0.497 e. The number of methoxy groups -OCH3 is 1. The third-order valence-electron chi connectivity index (χ3n) is 4.01. The van der Waals surface area contributed by atoms with Crippen molar-refractivity contribution in [2.45, 2.75) is 38.1 Å². The lowest BCUT2D eigenvalue weighted by Gasteiger charge is -2.39. The molecule has 1 aromatic carbocycles. The second-order valence-corrected chi connectivity index (χ2v) is 5.48. The summed E-state index contributed by atoms with van der Waals surface area (Å²) in [5.74, 6) is 1.62. The van der Waals surface area contributed by atoms with Crippen LogP contribution in [0, 0.1) is 5.92 Å². The monoisotopic (exact) mass is 249 g/mol. The Morgan fingerprint density at radius 1 is 1.39 bits per heavy atom. The molecule has 100 valence electrons. The number of aliphatic hydroxyl groups excluding tert-OH is 1. The number of rotatable bonds is 4. The molecule has 0 radical (unpaired) electrons. The van der Waals surface area contributed by atoms with Crippen molar-refractivity contribution in [2.24, 2.45) is 5.92 Å². The highest BCUT2D eigenvalue weighted by Gasteiger charge is 2.33. The van der Waals surface area contributed by atoms with E-state index in [2.05, 4.69) is 12.2 Å². The highest BCUT2D eigenvalue weighted by molar-refractivity contribution is 5.50. The fraction of sp³-hybridized carbons (Fsp3) is 0.600. The maximum absolute atomic E-state index is 9.72. The molecule has 1 aliphatic carbocycles. The second kappa shape index (κ2) is 5.61. The fourth-order valence-electron chi connectivity index (χ4n) is 2.64. The van der Waals surface area contributed by atoms with Crippen LogP contribution in [0.25, 0.3) is 0 Å². The first-order valence-corrected chi connectivity index (χ1v) is 6.70. The van der Waals surface area contributed by atoms with Crippen molar-refractivity contribution in [3.63, 3.8) is 0 Å². The molecule has 0 heterocycles. The van der Waals surface area contributed by atoms with Crippen molar-refractivity contribution < 1.29 is 9.84 Å². The fourth-order valence-corrected chi connectivity index (χ4v) is 2.64. The SMILES string of the molecule is COc1cccc(NC2(CO)CCC(C)CC2)c1. The number of hydrogen-bond acceptors (Lipinski definition) is 3. The van der Waals surface area contributed by atoms with Crippen molar-refractivity contribution in [2.75, 3.05) is 19.0 Å². The molecule has 3 heteroatoms. The number of nitrogens with one attached hydrogen (secondary N) is 1. The molecule has 0 unspecified atom stereocenters. The lowest BCUT2D eigenvalue weighted by molar-refractivity contribution is 0.155. The molecule has 1 saturated carbocycles. The number of benzene rings is 1. The van der Waals surface area contributed by atoms with Crippen molar-refractivity contribution in [3.8, 4) is 5.75 Å². The average molecular weight is 249 g/mol. The highest BCUT2D eigenvalue weighted by atomic mass is 16.5. The summed E-state index contributed by atoms with van der Waals surface area (Å²) in [5.41, 5.74) is 0.872. The topological polar surface area (TPSA) is 41.5 Å². The van der Waals surface area contributed by atoms with E-state index in [1.165, 1.54) is 12.8 Å². The van der Waals surface area contributed by atoms with E-state index in [9.17, 15) is 5.11 Å². The van der Waals surface area contributed by atoms with E-state index in [0.29, 0.717) is 0 Å². The molecule has 3 nitrogen and oxygen atoms in total. The van der Waals surface area contributed by atoms with Crippen LogP contribution in [0.4, 0.5) is 5.69 Å². The summed E-state index contributed by atoms with van der Waals surface area (Å²) in [4.78, 5) is 0. The molecule has 2 rings (SSSR count). The molecule has 1 aliphatic rings. The van der Waals surface area contributed by atoms with Crippen LogP contribution in [0.15, 0.2) is 24.3 Å². The first kappa shape index (κ1) is 13.2. The Morgan fingerprint density at radius 2 is 2.11 bits per heavy atom. The molecule has 18 heavy (non-hydrogen) atoms. The lowest BCUT2D eigenvalue weighted by Crippen LogP contribution is -2.45. The van der Waals surface area contributed by atoms with Gasteiger partial charge in [0.1, 0.15) is 5.75 Å². The van der Waals surface area contributed by atoms with E-state index in [1.54, 1.807) is 7.11 Å². The van der Waals surface area contributed by atoms with Gasteiger partial charge in [-0.2, -0.15) is 0 Å². The Balaban J connectivity index is 2.09. The molecular weight excluding hydrogens is 226 g/mol. The van der Waals surface area contributed by atoms with Crippen LogP contribution in [-0.2, 0) is 0 Å². The number of anilines is 1. The molecule has 0 aliphatic heterocycles. The Kier molecular flexibility index (Phi) is 4.12. The molecule has 1 fully saturated rings. The third-order valence-corrected chi connectivity index (χ3v) is 4.01. The smallest absolute Gasteiger partial charge is 0.120 e. The molecule has 1 aromatic rings. The zero-order chi connectivity index (χ0) is 13.0. The van der Waals surface area contributed by atoms with E-state index in [-0.39, 0.29) is 12.1 Å². The maximum atomic E-state index is 9.72. The molecule has 0 atom stereocenters. The van der Waals surface area contributed by atoms with Gasteiger partial charge in [-0.15, -0.1) is 0 Å². The van der Waals surface area contributed by atoms with Gasteiger partial charge < -0.3 is 15.2 Å². The van der Waals surface area contributed by atoms with E-state index < -0.39 is 0 Å². The normalized spacial score (nSPS) is 27.8. The van der Waals surface area contributed by atoms with Gasteiger partial charge in [-0.1, -0.05) is 13.0 Å². The minimum absolute atomic E-state index is 0.154. The molecule has 0 bridgehead atoms. The van der Waals surface area contributed by atoms with Gasteiger partial charge in [0.15, 0.2) is 0 Å². The van der Waals surface area contributed by atoms with E-state index in [0.717, 1.165) is 30.2 Å². The zero-order valence-electron chi connectivity index (χ0n) is 11.3. The predicted octanol–water partition coefficient (Wildman–Crippen LogP) is 3.05. The van der Waals surface area contributed by atoms with Crippen LogP contribution in [0.5, 0.6) is 5.75 Å². The summed E-state index contributed by atoms with van der Waals surface area (Å²) >= 11 is 0. The van der Waals surface area contributed by atoms with Gasteiger partial charge in [0.05, 0.1) is 19.3 Å². The summed E-state index contributed by atoms with van der Waals surface area (Å²) in [6.45, 7) is 2.48. The number of hydrogen-bond donors (Lipinski definition) is 2. The van der Waals surface area contributed by atoms with Gasteiger partial charge in [-0.25, -0.2) is 0 Å². The van der Waals surface area contributed by atoms with Gasteiger partial charge in [-0.3, -0.25) is 0 Å². The standard InChI is InChI=1S/C15H23NO2/c1-12-6-8-15(11-17,9-7-12)16-13-4-3-5-14(10-13)18-2/h3-5,10,12,16-17H,6-9,11H2,1-2H3. The van der Waals surface area contributed by atoms with Gasteiger partial charge in [0, 0.05) is 11.8 Å². The van der Waals surface area contributed by atoms with Crippen LogP contribution in [0.3, 0.4) is 0 Å². The maximum Gasteiger partial charge on any atom is 0.120 e. The molecule has 0 aromatic heterocycles. The van der Waals surface area contributed by atoms with Crippen LogP contribution < -0.4 is 10.1 Å². The van der Waals surface area contributed by atoms with Gasteiger partial charge >= 0.3 is 0 Å². The summed E-state index contributed by atoms with van der Waals surface area (Å²) in [7, 11) is 1.67. The van der Waals surface area contributed by atoms with Crippen molar-refractivity contribution >= 4 is 5.69 Å². The lowest BCUT2D eigenvalue weighted by atomic mass is 9.77. The first-order valence-electron chi connectivity index (χ1n) is 6.70. The van der Waals surface area contributed by atoms with E-state index >= 15 is 0 Å². The molecule has 0 saturated heterocycles. The Morgan fingerprint density at radius 3 is 2.72 bits per heavy atom. The van der Waals surface area contributed by atoms with Gasteiger partial charge in [-0.05, 0) is 43.7 Å². The van der Waals surface area contributed by atoms with Crippen molar-refractivity contribution in [3.05, 3.63) is 24.3 Å². The van der Waals surface area contributed by atoms with Gasteiger partial charge in [0.25, 0.3) is 0 Å². The second-order valence-electron chi connectivity index (χ2n) is 5.48. The van der Waals surface area contributed by atoms with Crippen LogP contribution in [0.1, 0.15) is 32.6 Å². The summed E-state index contributed by atoms with van der Waals surface area (Å²) in [6.07, 6.45) is 4.42. The number of aliphatic hydroxyl groups is 1. The highest BCUT2D eigenvalue weighted by Crippen LogP contribution is 2.34. The number of ether oxygens (including phenoxy) is 1. The summed E-state index contributed by atoms with van der Waals surface area (Å²) in [6, 6.07) is 7.91. The van der Waals surface area contributed by atoms with E-state index in [4.69, 9.17) is 4.74 Å². The Bertz CT molecular complexity index is 384. The Hall–Kier alpha value is -1.22. The van der Waals surface area contributed by atoms with Crippen molar-refractivity contribution in [1.82, 2.24) is 0 Å². The Labute approximate surface area is 109 Å². The molecule has 0 amide bonds. The predicted molar refractivity (Wildman–Crippen MR) is 74.1 cm³/mol. The summed E-state index contributed by atoms with van der Waals surface area (Å²) < 4.78 is 5.23. The summed E-state index contributed by atoms with van der Waals surface area (Å²) in [5, 5.41) is 13.2.